The van der Waals surface area contributed by atoms with Crippen LogP contribution in [0.15, 0.2) is 102 Å². The molecule has 0 aliphatic carbocycles. The number of anilines is 1. The first-order chi connectivity index (χ1) is 18.5. The van der Waals surface area contributed by atoms with E-state index in [0.717, 1.165) is 37.2 Å². The van der Waals surface area contributed by atoms with Gasteiger partial charge in [0.25, 0.3) is 5.91 Å². The second-order valence-corrected chi connectivity index (χ2v) is 11.4. The lowest BCUT2D eigenvalue weighted by Crippen LogP contribution is -2.47. The van der Waals surface area contributed by atoms with E-state index in [1.54, 1.807) is 18.2 Å². The fourth-order valence-corrected chi connectivity index (χ4v) is 6.20. The molecular weight excluding hydrogens is 498 g/mol. The Balaban J connectivity index is 1.19. The van der Waals surface area contributed by atoms with E-state index in [4.69, 9.17) is 4.84 Å². The summed E-state index contributed by atoms with van der Waals surface area (Å²) >= 11 is 0. The number of nitrogens with zero attached hydrogens (tertiary/aromatic N) is 2. The average Bonchev–Trinajstić information content (AvgIpc) is 3.13. The molecule has 2 heterocycles. The Bertz CT molecular complexity index is 1340. The van der Waals surface area contributed by atoms with Gasteiger partial charge in [-0.3, -0.25) is 9.63 Å². The van der Waals surface area contributed by atoms with E-state index in [0.29, 0.717) is 5.92 Å². The first kappa shape index (κ1) is 26.2. The van der Waals surface area contributed by atoms with Crippen LogP contribution in [0.4, 0.5) is 5.69 Å². The fraction of sp³-hybridized carbons (Fsp3) is 0.300. The molecule has 7 nitrogen and oxygen atoms in total. The number of carbonyl (C=O) groups is 1. The van der Waals surface area contributed by atoms with Gasteiger partial charge in [0.05, 0.1) is 11.4 Å². The Morgan fingerprint density at radius 2 is 1.50 bits per heavy atom. The number of amides is 1. The van der Waals surface area contributed by atoms with Crippen LogP contribution in [0.1, 0.15) is 36.3 Å². The van der Waals surface area contributed by atoms with Crippen LogP contribution in [0.2, 0.25) is 0 Å². The van der Waals surface area contributed by atoms with Crippen molar-refractivity contribution >= 4 is 21.6 Å². The molecule has 2 aliphatic rings. The van der Waals surface area contributed by atoms with Crippen molar-refractivity contribution in [1.29, 1.82) is 0 Å². The molecule has 0 saturated carbocycles. The van der Waals surface area contributed by atoms with Crippen LogP contribution < -0.4 is 9.62 Å². The molecule has 1 N–H and O–H groups in total. The van der Waals surface area contributed by atoms with E-state index in [-0.39, 0.29) is 24.5 Å². The third kappa shape index (κ3) is 6.32. The van der Waals surface area contributed by atoms with Gasteiger partial charge in [0.1, 0.15) is 12.6 Å². The smallest absolute Gasteiger partial charge is 0.264 e. The molecule has 0 bridgehead atoms. The van der Waals surface area contributed by atoms with E-state index < -0.39 is 22.0 Å². The third-order valence-electron chi connectivity index (χ3n) is 7.16. The molecule has 8 heteroatoms. The minimum atomic E-state index is -3.90. The predicted octanol–water partition coefficient (Wildman–Crippen LogP) is 4.64. The molecule has 1 fully saturated rings. The van der Waals surface area contributed by atoms with Crippen molar-refractivity contribution in [3.05, 3.63) is 108 Å². The summed E-state index contributed by atoms with van der Waals surface area (Å²) in [5.74, 6) is 0.145. The van der Waals surface area contributed by atoms with Crippen molar-refractivity contribution in [2.24, 2.45) is 0 Å². The topological polar surface area (TPSA) is 79.0 Å². The van der Waals surface area contributed by atoms with Crippen LogP contribution in [0.25, 0.3) is 0 Å². The summed E-state index contributed by atoms with van der Waals surface area (Å²) in [6, 6.07) is 26.1. The molecule has 0 aromatic heterocycles. The summed E-state index contributed by atoms with van der Waals surface area (Å²) in [6.45, 7) is 2.33. The zero-order valence-electron chi connectivity index (χ0n) is 21.3. The molecular formula is C30H33N3O4S. The Morgan fingerprint density at radius 1 is 0.842 bits per heavy atom. The summed E-state index contributed by atoms with van der Waals surface area (Å²) < 4.78 is 28.9. The molecule has 3 aromatic carbocycles. The Morgan fingerprint density at radius 3 is 2.18 bits per heavy atom. The van der Waals surface area contributed by atoms with Gasteiger partial charge in [0, 0.05) is 18.8 Å². The van der Waals surface area contributed by atoms with Crippen LogP contribution in [0, 0.1) is 0 Å². The van der Waals surface area contributed by atoms with Gasteiger partial charge in [-0.1, -0.05) is 72.8 Å². The molecule has 5 rings (SSSR count). The number of carbonyl (C=O) groups excluding carboxylic acids is 1. The molecule has 1 atom stereocenters. The van der Waals surface area contributed by atoms with Gasteiger partial charge in [-0.2, -0.15) is 4.72 Å². The third-order valence-corrected chi connectivity index (χ3v) is 8.65. The predicted molar refractivity (Wildman–Crippen MR) is 148 cm³/mol. The highest BCUT2D eigenvalue weighted by Crippen LogP contribution is 2.30. The zero-order chi connectivity index (χ0) is 26.4. The molecule has 38 heavy (non-hydrogen) atoms. The fourth-order valence-electron chi connectivity index (χ4n) is 5.00. The summed E-state index contributed by atoms with van der Waals surface area (Å²) in [4.78, 5) is 21.2. The molecule has 0 spiro atoms. The van der Waals surface area contributed by atoms with E-state index >= 15 is 0 Å². The number of hydrogen-bond acceptors (Lipinski definition) is 5. The van der Waals surface area contributed by atoms with Crippen molar-refractivity contribution < 1.29 is 18.0 Å². The highest BCUT2D eigenvalue weighted by Gasteiger charge is 2.30. The molecule has 3 aromatic rings. The second kappa shape index (κ2) is 11.9. The number of hydrogen-bond donors (Lipinski definition) is 1. The van der Waals surface area contributed by atoms with Gasteiger partial charge in [0.2, 0.25) is 10.0 Å². The summed E-state index contributed by atoms with van der Waals surface area (Å²) in [7, 11) is -3.90. The number of nitrogens with one attached hydrogen (secondary N) is 1. The SMILES string of the molecule is O=C1[C@H](NS(=O)(=O)c2ccc(N3CCC(c4ccccc4)CC3)cc2)CC=CCN1OCc1ccccc1. The quantitative estimate of drug-likeness (QED) is 0.429. The summed E-state index contributed by atoms with van der Waals surface area (Å²) in [5.41, 5.74) is 3.31. The monoisotopic (exact) mass is 531 g/mol. The van der Waals surface area contributed by atoms with E-state index in [1.165, 1.54) is 10.6 Å². The van der Waals surface area contributed by atoms with Crippen LogP contribution in [0.3, 0.4) is 0 Å². The van der Waals surface area contributed by atoms with Crippen LogP contribution in [0.5, 0.6) is 0 Å². The highest BCUT2D eigenvalue weighted by atomic mass is 32.2. The van der Waals surface area contributed by atoms with Gasteiger partial charge in [-0.25, -0.2) is 13.5 Å². The number of benzene rings is 3. The van der Waals surface area contributed by atoms with E-state index in [9.17, 15) is 13.2 Å². The van der Waals surface area contributed by atoms with Crippen molar-refractivity contribution in [3.63, 3.8) is 0 Å². The van der Waals surface area contributed by atoms with Crippen LogP contribution >= 0.6 is 0 Å². The van der Waals surface area contributed by atoms with E-state index in [2.05, 4.69) is 33.9 Å². The Labute approximate surface area is 224 Å². The molecule has 0 radical (unpaired) electrons. The molecule has 198 valence electrons. The summed E-state index contributed by atoms with van der Waals surface area (Å²) in [6.07, 6.45) is 6.00. The molecule has 1 amide bonds. The molecule has 1 saturated heterocycles. The van der Waals surface area contributed by atoms with Gasteiger partial charge in [0.15, 0.2) is 0 Å². The number of hydroxylamine groups is 2. The Kier molecular flexibility index (Phi) is 8.22. The maximum absolute atomic E-state index is 13.2. The number of piperidine rings is 1. The number of rotatable bonds is 8. The maximum atomic E-state index is 13.2. The second-order valence-electron chi connectivity index (χ2n) is 9.71. The highest BCUT2D eigenvalue weighted by molar-refractivity contribution is 7.89. The van der Waals surface area contributed by atoms with Crippen molar-refractivity contribution in [2.45, 2.75) is 42.7 Å². The lowest BCUT2D eigenvalue weighted by atomic mass is 9.89. The van der Waals surface area contributed by atoms with Gasteiger partial charge >= 0.3 is 0 Å². The first-order valence-electron chi connectivity index (χ1n) is 13.0. The van der Waals surface area contributed by atoms with Crippen LogP contribution in [-0.4, -0.2) is 45.1 Å². The minimum absolute atomic E-state index is 0.137. The zero-order valence-corrected chi connectivity index (χ0v) is 22.1. The largest absolute Gasteiger partial charge is 0.371 e. The molecule has 0 unspecified atom stereocenters. The van der Waals surface area contributed by atoms with Crippen molar-refractivity contribution in [1.82, 2.24) is 9.79 Å². The normalized spacial score (nSPS) is 18.9. The summed E-state index contributed by atoms with van der Waals surface area (Å²) in [5, 5.41) is 1.23. The lowest BCUT2D eigenvalue weighted by Gasteiger charge is -2.34. The first-order valence-corrected chi connectivity index (χ1v) is 14.5. The Hall–Kier alpha value is -3.46. The standard InChI is InChI=1S/C30H33N3O4S/c34-30-29(13-7-8-20-33(30)37-23-24-9-3-1-4-10-24)31-38(35,36)28-16-14-27(15-17-28)32-21-18-26(19-22-32)25-11-5-2-6-12-25/h1-12,14-17,26,29,31H,13,18-23H2/t29-/m1/s1. The van der Waals surface area contributed by atoms with Gasteiger partial charge in [-0.15, -0.1) is 0 Å². The van der Waals surface area contributed by atoms with Crippen molar-refractivity contribution in [2.75, 3.05) is 24.5 Å². The van der Waals surface area contributed by atoms with Crippen molar-refractivity contribution in [3.8, 4) is 0 Å². The number of sulfonamides is 1. The van der Waals surface area contributed by atoms with Crippen LogP contribution in [-0.2, 0) is 26.3 Å². The van der Waals surface area contributed by atoms with Gasteiger partial charge in [-0.05, 0) is 60.6 Å². The minimum Gasteiger partial charge on any atom is -0.371 e. The van der Waals surface area contributed by atoms with Gasteiger partial charge < -0.3 is 4.90 Å². The lowest BCUT2D eigenvalue weighted by molar-refractivity contribution is -0.189. The van der Waals surface area contributed by atoms with E-state index in [1.807, 2.05) is 54.6 Å². The molecule has 2 aliphatic heterocycles. The maximum Gasteiger partial charge on any atom is 0.264 e. The average molecular weight is 532 g/mol.